The van der Waals surface area contributed by atoms with E-state index in [2.05, 4.69) is 43.8 Å². The molecular formula is C20H23OS+. The zero-order chi connectivity index (χ0) is 15.4. The molecule has 22 heavy (non-hydrogen) atoms. The van der Waals surface area contributed by atoms with Gasteiger partial charge in [-0.1, -0.05) is 36.9 Å². The summed E-state index contributed by atoms with van der Waals surface area (Å²) in [6, 6.07) is 15.0. The molecule has 0 atom stereocenters. The fraction of sp³-hybridized carbons (Fsp3) is 0.300. The van der Waals surface area contributed by atoms with Gasteiger partial charge in [-0.15, -0.1) is 0 Å². The first-order valence-electron chi connectivity index (χ1n) is 7.89. The second kappa shape index (κ2) is 7.06. The van der Waals surface area contributed by atoms with Crippen molar-refractivity contribution in [3.05, 3.63) is 65.7 Å². The summed E-state index contributed by atoms with van der Waals surface area (Å²) in [7, 11) is 0.477. The molecule has 0 aromatic heterocycles. The maximum atomic E-state index is 6.04. The molecule has 1 aliphatic heterocycles. The van der Waals surface area contributed by atoms with Crippen molar-refractivity contribution >= 4 is 17.0 Å². The van der Waals surface area contributed by atoms with Crippen LogP contribution in [0.3, 0.4) is 0 Å². The van der Waals surface area contributed by atoms with E-state index in [-0.39, 0.29) is 0 Å². The van der Waals surface area contributed by atoms with Crippen molar-refractivity contribution in [1.29, 1.82) is 0 Å². The van der Waals surface area contributed by atoms with E-state index < -0.39 is 0 Å². The maximum absolute atomic E-state index is 6.04. The first-order valence-corrected chi connectivity index (χ1v) is 9.45. The predicted octanol–water partition coefficient (Wildman–Crippen LogP) is 4.99. The minimum atomic E-state index is 0.477. The van der Waals surface area contributed by atoms with Crippen LogP contribution in [0.2, 0.25) is 0 Å². The molecule has 0 amide bonds. The summed E-state index contributed by atoms with van der Waals surface area (Å²) in [5.41, 5.74) is 3.57. The highest BCUT2D eigenvalue weighted by Crippen LogP contribution is 2.28. The van der Waals surface area contributed by atoms with E-state index in [1.807, 2.05) is 18.2 Å². The lowest BCUT2D eigenvalue weighted by Gasteiger charge is -2.12. The van der Waals surface area contributed by atoms with Crippen molar-refractivity contribution in [3.8, 4) is 5.75 Å². The van der Waals surface area contributed by atoms with E-state index in [0.29, 0.717) is 17.5 Å². The molecular weight excluding hydrogens is 288 g/mol. The van der Waals surface area contributed by atoms with Crippen LogP contribution in [0.15, 0.2) is 53.9 Å². The number of hydrogen-bond donors (Lipinski definition) is 0. The Morgan fingerprint density at radius 2 is 1.91 bits per heavy atom. The number of rotatable bonds is 5. The van der Waals surface area contributed by atoms with Crippen molar-refractivity contribution in [1.82, 2.24) is 0 Å². The van der Waals surface area contributed by atoms with Gasteiger partial charge in [0.25, 0.3) is 0 Å². The molecule has 1 heterocycles. The van der Waals surface area contributed by atoms with Crippen LogP contribution in [0.5, 0.6) is 5.75 Å². The summed E-state index contributed by atoms with van der Waals surface area (Å²) < 4.78 is 6.04. The lowest BCUT2D eigenvalue weighted by molar-refractivity contribution is 0.303. The van der Waals surface area contributed by atoms with Gasteiger partial charge in [0, 0.05) is 10.9 Å². The second-order valence-corrected chi connectivity index (χ2v) is 8.00. The minimum Gasteiger partial charge on any atom is -0.489 e. The van der Waals surface area contributed by atoms with Crippen LogP contribution in [0, 0.1) is 6.92 Å². The summed E-state index contributed by atoms with van der Waals surface area (Å²) in [5, 5.41) is 0. The normalized spacial score (nSPS) is 15.0. The molecule has 1 nitrogen and oxygen atoms in total. The molecule has 1 aliphatic rings. The summed E-state index contributed by atoms with van der Waals surface area (Å²) in [6.07, 6.45) is 4.66. The van der Waals surface area contributed by atoms with Crippen molar-refractivity contribution in [2.24, 2.45) is 0 Å². The highest BCUT2D eigenvalue weighted by Gasteiger charge is 2.27. The molecule has 0 radical (unpaired) electrons. The summed E-state index contributed by atoms with van der Waals surface area (Å²) >= 11 is 0. The van der Waals surface area contributed by atoms with Crippen LogP contribution in [-0.2, 0) is 17.5 Å². The van der Waals surface area contributed by atoms with Gasteiger partial charge in [-0.3, -0.25) is 0 Å². The number of hydrogen-bond acceptors (Lipinski definition) is 1. The molecule has 2 aromatic rings. The monoisotopic (exact) mass is 311 g/mol. The standard InChI is InChI=1S/C20H23OS/c1-3-17-8-4-5-9-18(17)15-21-20-11-10-19(14-16(20)2)22-12-6-7-13-22/h3-5,8-11,14H,1,6-7,12-13,15H2,2H3/q+1. The van der Waals surface area contributed by atoms with Gasteiger partial charge in [-0.2, -0.15) is 0 Å². The fourth-order valence-electron chi connectivity index (χ4n) is 2.87. The topological polar surface area (TPSA) is 9.23 Å². The fourth-order valence-corrected chi connectivity index (χ4v) is 5.26. The Morgan fingerprint density at radius 3 is 2.64 bits per heavy atom. The molecule has 0 aliphatic carbocycles. The second-order valence-electron chi connectivity index (χ2n) is 5.73. The summed E-state index contributed by atoms with van der Waals surface area (Å²) in [6.45, 7) is 6.61. The molecule has 0 bridgehead atoms. The molecule has 1 fully saturated rings. The van der Waals surface area contributed by atoms with Crippen LogP contribution in [0.1, 0.15) is 29.5 Å². The Kier molecular flexibility index (Phi) is 4.89. The third kappa shape index (κ3) is 3.38. The lowest BCUT2D eigenvalue weighted by Crippen LogP contribution is -2.05. The highest BCUT2D eigenvalue weighted by atomic mass is 32.2. The van der Waals surface area contributed by atoms with E-state index in [0.717, 1.165) is 11.3 Å². The van der Waals surface area contributed by atoms with Crippen LogP contribution >= 0.6 is 0 Å². The Bertz CT molecular complexity index is 657. The van der Waals surface area contributed by atoms with Crippen LogP contribution in [0.25, 0.3) is 6.08 Å². The minimum absolute atomic E-state index is 0.477. The van der Waals surface area contributed by atoms with E-state index >= 15 is 0 Å². The predicted molar refractivity (Wildman–Crippen MR) is 96.6 cm³/mol. The van der Waals surface area contributed by atoms with E-state index in [1.165, 1.54) is 40.4 Å². The van der Waals surface area contributed by atoms with Crippen molar-refractivity contribution < 1.29 is 4.74 Å². The number of ether oxygens (including phenoxy) is 1. The molecule has 3 rings (SSSR count). The third-order valence-corrected chi connectivity index (χ3v) is 6.65. The first kappa shape index (κ1) is 15.2. The maximum Gasteiger partial charge on any atom is 0.155 e. The summed E-state index contributed by atoms with van der Waals surface area (Å²) in [4.78, 5) is 1.51. The van der Waals surface area contributed by atoms with Crippen LogP contribution in [0.4, 0.5) is 0 Å². The third-order valence-electron chi connectivity index (χ3n) is 4.17. The van der Waals surface area contributed by atoms with E-state index in [1.54, 1.807) is 0 Å². The Hall–Kier alpha value is -1.67. The van der Waals surface area contributed by atoms with Crippen molar-refractivity contribution in [2.45, 2.75) is 31.3 Å². The highest BCUT2D eigenvalue weighted by molar-refractivity contribution is 7.97. The van der Waals surface area contributed by atoms with Gasteiger partial charge < -0.3 is 4.74 Å². The average molecular weight is 311 g/mol. The van der Waals surface area contributed by atoms with Crippen LogP contribution < -0.4 is 4.74 Å². The van der Waals surface area contributed by atoms with Gasteiger partial charge in [-0.05, 0) is 54.7 Å². The Balaban J connectivity index is 1.71. The molecule has 0 saturated carbocycles. The molecule has 2 aromatic carbocycles. The Morgan fingerprint density at radius 1 is 1.14 bits per heavy atom. The van der Waals surface area contributed by atoms with Gasteiger partial charge in [0.05, 0.1) is 0 Å². The molecule has 0 N–H and O–H groups in total. The smallest absolute Gasteiger partial charge is 0.155 e. The molecule has 114 valence electrons. The average Bonchev–Trinajstić information content (AvgIpc) is 3.08. The molecule has 1 saturated heterocycles. The van der Waals surface area contributed by atoms with Gasteiger partial charge in [0.2, 0.25) is 0 Å². The van der Waals surface area contributed by atoms with Gasteiger partial charge in [0.1, 0.15) is 23.9 Å². The van der Waals surface area contributed by atoms with Gasteiger partial charge in [-0.25, -0.2) is 0 Å². The molecule has 2 heteroatoms. The van der Waals surface area contributed by atoms with Crippen LogP contribution in [-0.4, -0.2) is 11.5 Å². The molecule has 0 spiro atoms. The van der Waals surface area contributed by atoms with Crippen molar-refractivity contribution in [2.75, 3.05) is 11.5 Å². The van der Waals surface area contributed by atoms with E-state index in [4.69, 9.17) is 4.74 Å². The zero-order valence-corrected chi connectivity index (χ0v) is 14.0. The van der Waals surface area contributed by atoms with Gasteiger partial charge in [0.15, 0.2) is 4.90 Å². The number of aryl methyl sites for hydroxylation is 1. The SMILES string of the molecule is C=Cc1ccccc1COc1ccc([S+]2CCCC2)cc1C. The van der Waals surface area contributed by atoms with E-state index in [9.17, 15) is 0 Å². The number of benzene rings is 2. The largest absolute Gasteiger partial charge is 0.489 e. The first-order chi connectivity index (χ1) is 10.8. The quantitative estimate of drug-likeness (QED) is 0.707. The summed E-state index contributed by atoms with van der Waals surface area (Å²) in [5.74, 6) is 3.73. The molecule has 0 unspecified atom stereocenters. The lowest BCUT2D eigenvalue weighted by atomic mass is 10.1. The zero-order valence-electron chi connectivity index (χ0n) is 13.2. The van der Waals surface area contributed by atoms with Gasteiger partial charge >= 0.3 is 0 Å². The van der Waals surface area contributed by atoms with Crippen molar-refractivity contribution in [3.63, 3.8) is 0 Å². The Labute approximate surface area is 136 Å².